The van der Waals surface area contributed by atoms with Crippen LogP contribution in [-0.2, 0) is 4.79 Å². The quantitative estimate of drug-likeness (QED) is 0.893. The van der Waals surface area contributed by atoms with Gasteiger partial charge in [0, 0.05) is 45.6 Å². The van der Waals surface area contributed by atoms with Gasteiger partial charge in [-0.1, -0.05) is 0 Å². The Kier molecular flexibility index (Phi) is 4.54. The van der Waals surface area contributed by atoms with Crippen LogP contribution in [0, 0.1) is 0 Å². The topological polar surface area (TPSA) is 48.5 Å². The minimum absolute atomic E-state index is 0.169. The summed E-state index contributed by atoms with van der Waals surface area (Å²) >= 11 is 3.44. The molecule has 1 N–H and O–H groups in total. The van der Waals surface area contributed by atoms with Crippen LogP contribution in [0.5, 0.6) is 0 Å². The number of likely N-dealkylation sites (N-methyl/N-ethyl adjacent to an activating group) is 1. The Labute approximate surface area is 115 Å². The lowest BCUT2D eigenvalue weighted by Crippen LogP contribution is -2.49. The molecule has 5 nitrogen and oxygen atoms in total. The summed E-state index contributed by atoms with van der Waals surface area (Å²) in [6.07, 6.45) is 3.47. The van der Waals surface area contributed by atoms with Gasteiger partial charge in [0.15, 0.2) is 0 Å². The number of nitrogens with one attached hydrogen (secondary N) is 1. The third-order valence-corrected chi connectivity index (χ3v) is 3.62. The van der Waals surface area contributed by atoms with E-state index in [1.807, 2.05) is 22.9 Å². The van der Waals surface area contributed by atoms with Crippen LogP contribution in [0.3, 0.4) is 0 Å². The van der Waals surface area contributed by atoms with Gasteiger partial charge < -0.3 is 15.1 Å². The first kappa shape index (κ1) is 13.3. The van der Waals surface area contributed by atoms with Crippen molar-refractivity contribution in [1.29, 1.82) is 0 Å². The smallest absolute Gasteiger partial charge is 0.242 e. The van der Waals surface area contributed by atoms with Gasteiger partial charge in [0.05, 0.1) is 16.7 Å². The van der Waals surface area contributed by atoms with Crippen LogP contribution in [0.15, 0.2) is 22.9 Å². The monoisotopic (exact) mass is 312 g/mol. The molecule has 1 saturated heterocycles. The molecule has 0 atom stereocenters. The zero-order valence-corrected chi connectivity index (χ0v) is 12.0. The molecule has 0 bridgehead atoms. The Balaban J connectivity index is 1.96. The second-order valence-electron chi connectivity index (χ2n) is 4.31. The molecule has 2 rings (SSSR count). The summed E-state index contributed by atoms with van der Waals surface area (Å²) in [4.78, 5) is 20.0. The molecule has 2 heterocycles. The third kappa shape index (κ3) is 3.20. The summed E-state index contributed by atoms with van der Waals surface area (Å²) in [6.45, 7) is 3.75. The first-order valence-electron chi connectivity index (χ1n) is 5.97. The van der Waals surface area contributed by atoms with Crippen molar-refractivity contribution in [3.8, 4) is 0 Å². The number of aromatic nitrogens is 1. The van der Waals surface area contributed by atoms with Gasteiger partial charge in [0.2, 0.25) is 5.91 Å². The van der Waals surface area contributed by atoms with Crippen LogP contribution in [0.4, 0.5) is 5.69 Å². The zero-order valence-electron chi connectivity index (χ0n) is 10.4. The average Bonchev–Trinajstić information content (AvgIpc) is 2.40. The van der Waals surface area contributed by atoms with E-state index in [1.165, 1.54) is 0 Å². The predicted molar refractivity (Wildman–Crippen MR) is 74.7 cm³/mol. The predicted octanol–water partition coefficient (Wildman–Crippen LogP) is 0.712. The normalized spacial score (nSPS) is 15.6. The number of carbonyl (C=O) groups excluding carboxylic acids is 1. The second kappa shape index (κ2) is 6.15. The molecule has 0 aromatic carbocycles. The number of rotatable bonds is 3. The maximum absolute atomic E-state index is 12.1. The van der Waals surface area contributed by atoms with Crippen molar-refractivity contribution in [2.45, 2.75) is 0 Å². The molecule has 6 heteroatoms. The van der Waals surface area contributed by atoms with E-state index in [9.17, 15) is 4.79 Å². The summed E-state index contributed by atoms with van der Waals surface area (Å²) in [6, 6.07) is 1.90. The summed E-state index contributed by atoms with van der Waals surface area (Å²) in [5.74, 6) is 0.169. The first-order chi connectivity index (χ1) is 8.68. The highest BCUT2D eigenvalue weighted by molar-refractivity contribution is 9.10. The number of carbonyl (C=O) groups is 1. The van der Waals surface area contributed by atoms with Gasteiger partial charge in [0.1, 0.15) is 0 Å². The molecule has 18 heavy (non-hydrogen) atoms. The minimum Gasteiger partial charge on any atom is -0.364 e. The van der Waals surface area contributed by atoms with Crippen LogP contribution in [-0.4, -0.2) is 55.6 Å². The van der Waals surface area contributed by atoms with Gasteiger partial charge >= 0.3 is 0 Å². The molecule has 98 valence electrons. The molecule has 0 saturated carbocycles. The van der Waals surface area contributed by atoms with Crippen molar-refractivity contribution in [1.82, 2.24) is 15.2 Å². The molecule has 0 radical (unpaired) electrons. The fraction of sp³-hybridized carbons (Fsp3) is 0.500. The van der Waals surface area contributed by atoms with Crippen LogP contribution in [0.2, 0.25) is 0 Å². The van der Waals surface area contributed by atoms with Gasteiger partial charge in [-0.25, -0.2) is 0 Å². The van der Waals surface area contributed by atoms with E-state index in [4.69, 9.17) is 0 Å². The van der Waals surface area contributed by atoms with Crippen LogP contribution >= 0.6 is 15.9 Å². The number of piperazine rings is 1. The fourth-order valence-corrected chi connectivity index (χ4v) is 2.53. The largest absolute Gasteiger partial charge is 0.364 e. The lowest BCUT2D eigenvalue weighted by Gasteiger charge is -2.30. The molecule has 1 aromatic rings. The summed E-state index contributed by atoms with van der Waals surface area (Å²) in [5.41, 5.74) is 0.980. The second-order valence-corrected chi connectivity index (χ2v) is 5.17. The Bertz CT molecular complexity index is 420. The number of hydrogen-bond acceptors (Lipinski definition) is 4. The highest BCUT2D eigenvalue weighted by Gasteiger charge is 2.18. The Hall–Kier alpha value is -1.14. The summed E-state index contributed by atoms with van der Waals surface area (Å²) < 4.78 is 0.903. The van der Waals surface area contributed by atoms with E-state index >= 15 is 0 Å². The number of pyridine rings is 1. The third-order valence-electron chi connectivity index (χ3n) is 3.00. The molecule has 0 aliphatic carbocycles. The van der Waals surface area contributed by atoms with Gasteiger partial charge in [-0.3, -0.25) is 9.78 Å². The molecule has 1 amide bonds. The molecule has 0 spiro atoms. The van der Waals surface area contributed by atoms with E-state index in [1.54, 1.807) is 12.4 Å². The lowest BCUT2D eigenvalue weighted by atomic mass is 10.3. The number of halogens is 1. The lowest BCUT2D eigenvalue weighted by molar-refractivity contribution is -0.130. The van der Waals surface area contributed by atoms with E-state index in [-0.39, 0.29) is 5.91 Å². The van der Waals surface area contributed by atoms with Crippen molar-refractivity contribution in [2.24, 2.45) is 0 Å². The Morgan fingerprint density at radius 2 is 2.28 bits per heavy atom. The highest BCUT2D eigenvalue weighted by atomic mass is 79.9. The minimum atomic E-state index is 0.169. The Morgan fingerprint density at radius 3 is 2.94 bits per heavy atom. The van der Waals surface area contributed by atoms with Gasteiger partial charge in [0.25, 0.3) is 0 Å². The number of hydrogen-bond donors (Lipinski definition) is 1. The highest BCUT2D eigenvalue weighted by Crippen LogP contribution is 2.23. The van der Waals surface area contributed by atoms with E-state index < -0.39 is 0 Å². The standard InChI is InChI=1S/C12H17BrN4O/c1-16(11-2-3-15-8-10(11)13)9-12(18)17-6-4-14-5-7-17/h2-3,8,14H,4-7,9H2,1H3. The molecular formula is C12H17BrN4O. The molecule has 1 aliphatic heterocycles. The molecule has 1 fully saturated rings. The van der Waals surface area contributed by atoms with Crippen molar-refractivity contribution < 1.29 is 4.79 Å². The summed E-state index contributed by atoms with van der Waals surface area (Å²) in [5, 5.41) is 3.24. The SMILES string of the molecule is CN(CC(=O)N1CCNCC1)c1ccncc1Br. The molecule has 1 aromatic heterocycles. The molecule has 1 aliphatic rings. The number of anilines is 1. The maximum Gasteiger partial charge on any atom is 0.242 e. The first-order valence-corrected chi connectivity index (χ1v) is 6.77. The van der Waals surface area contributed by atoms with Gasteiger partial charge in [-0.2, -0.15) is 0 Å². The number of nitrogens with zero attached hydrogens (tertiary/aromatic N) is 3. The maximum atomic E-state index is 12.1. The van der Waals surface area contributed by atoms with E-state index in [2.05, 4.69) is 26.2 Å². The average molecular weight is 313 g/mol. The van der Waals surface area contributed by atoms with Crippen molar-refractivity contribution in [3.63, 3.8) is 0 Å². The fourth-order valence-electron chi connectivity index (χ4n) is 1.98. The van der Waals surface area contributed by atoms with E-state index in [0.717, 1.165) is 36.3 Å². The Morgan fingerprint density at radius 1 is 1.56 bits per heavy atom. The van der Waals surface area contributed by atoms with Crippen LogP contribution in [0.25, 0.3) is 0 Å². The molecule has 0 unspecified atom stereocenters. The van der Waals surface area contributed by atoms with Crippen LogP contribution in [0.1, 0.15) is 0 Å². The van der Waals surface area contributed by atoms with Crippen LogP contribution < -0.4 is 10.2 Å². The van der Waals surface area contributed by atoms with Crippen molar-refractivity contribution >= 4 is 27.5 Å². The number of amides is 1. The van der Waals surface area contributed by atoms with Crippen molar-refractivity contribution in [3.05, 3.63) is 22.9 Å². The van der Waals surface area contributed by atoms with Gasteiger partial charge in [-0.15, -0.1) is 0 Å². The molecular weight excluding hydrogens is 296 g/mol. The van der Waals surface area contributed by atoms with E-state index in [0.29, 0.717) is 6.54 Å². The van der Waals surface area contributed by atoms with Gasteiger partial charge in [-0.05, 0) is 22.0 Å². The zero-order chi connectivity index (χ0) is 13.0. The van der Waals surface area contributed by atoms with Crippen molar-refractivity contribution in [2.75, 3.05) is 44.7 Å². The summed E-state index contributed by atoms with van der Waals surface area (Å²) in [7, 11) is 1.92.